The second kappa shape index (κ2) is 7.42. The Morgan fingerprint density at radius 3 is 2.57 bits per heavy atom. The number of ether oxygens (including phenoxy) is 1. The second-order valence-electron chi connectivity index (χ2n) is 6.50. The molecule has 9 heteroatoms. The van der Waals surface area contributed by atoms with Crippen LogP contribution in [-0.2, 0) is 5.54 Å². The van der Waals surface area contributed by atoms with Crippen molar-refractivity contribution in [1.82, 2.24) is 10.2 Å². The van der Waals surface area contributed by atoms with Crippen molar-refractivity contribution in [2.24, 2.45) is 10.7 Å². The predicted octanol–water partition coefficient (Wildman–Crippen LogP) is 2.98. The van der Waals surface area contributed by atoms with E-state index in [1.807, 2.05) is 0 Å². The lowest BCUT2D eigenvalue weighted by molar-refractivity contribution is -0.256. The number of guanidine groups is 1. The summed E-state index contributed by atoms with van der Waals surface area (Å²) in [5, 5.41) is 22.2. The largest absolute Gasteiger partial charge is 0.435 e. The zero-order chi connectivity index (χ0) is 20.5. The monoisotopic (exact) mass is 387 g/mol. The molecule has 0 fully saturated rings. The zero-order valence-electron chi connectivity index (χ0n) is 15.3. The molecule has 1 aliphatic rings. The van der Waals surface area contributed by atoms with Crippen molar-refractivity contribution < 1.29 is 18.7 Å². The van der Waals surface area contributed by atoms with Gasteiger partial charge in [-0.3, -0.25) is 10.2 Å². The molecule has 0 aromatic heterocycles. The minimum Gasteiger partial charge on any atom is -0.435 e. The first-order chi connectivity index (χ1) is 13.3. The molecule has 7 nitrogen and oxygen atoms in total. The molecular weight excluding hydrogens is 368 g/mol. The van der Waals surface area contributed by atoms with Crippen LogP contribution < -0.4 is 10.5 Å². The summed E-state index contributed by atoms with van der Waals surface area (Å²) in [6.07, 6.45) is 0. The SMILES string of the molecule is CN1C(N)=N[C@](C)(c2cccc(C#N)c2)[C@H](c2ccc(OC(F)F)cc2)N1O. The van der Waals surface area contributed by atoms with E-state index in [9.17, 15) is 19.2 Å². The van der Waals surface area contributed by atoms with E-state index in [0.717, 1.165) is 5.17 Å². The summed E-state index contributed by atoms with van der Waals surface area (Å²) in [4.78, 5) is 4.58. The maximum atomic E-state index is 12.4. The van der Waals surface area contributed by atoms with Crippen LogP contribution in [0.3, 0.4) is 0 Å². The van der Waals surface area contributed by atoms with Gasteiger partial charge >= 0.3 is 6.61 Å². The number of benzene rings is 2. The Morgan fingerprint density at radius 2 is 1.96 bits per heavy atom. The Bertz CT molecular complexity index is 929. The predicted molar refractivity (Wildman–Crippen MR) is 97.3 cm³/mol. The normalized spacial score (nSPS) is 22.7. The summed E-state index contributed by atoms with van der Waals surface area (Å²) < 4.78 is 29.2. The van der Waals surface area contributed by atoms with Crippen molar-refractivity contribution in [2.45, 2.75) is 25.1 Å². The van der Waals surface area contributed by atoms with Crippen LogP contribution in [0.2, 0.25) is 0 Å². The molecule has 146 valence electrons. The first-order valence-corrected chi connectivity index (χ1v) is 8.38. The van der Waals surface area contributed by atoms with Crippen molar-refractivity contribution in [1.29, 1.82) is 5.26 Å². The number of halogens is 2. The number of nitrogens with zero attached hydrogens (tertiary/aromatic N) is 4. The second-order valence-corrected chi connectivity index (χ2v) is 6.50. The van der Waals surface area contributed by atoms with Crippen LogP contribution in [-0.4, -0.2) is 35.0 Å². The molecule has 1 aliphatic heterocycles. The lowest BCUT2D eigenvalue weighted by Crippen LogP contribution is -2.57. The summed E-state index contributed by atoms with van der Waals surface area (Å²) >= 11 is 0. The maximum absolute atomic E-state index is 12.4. The van der Waals surface area contributed by atoms with Crippen LogP contribution >= 0.6 is 0 Å². The van der Waals surface area contributed by atoms with Crippen molar-refractivity contribution in [2.75, 3.05) is 7.05 Å². The fraction of sp³-hybridized carbons (Fsp3) is 0.263. The Morgan fingerprint density at radius 1 is 1.29 bits per heavy atom. The van der Waals surface area contributed by atoms with Crippen LogP contribution in [0.25, 0.3) is 0 Å². The Hall–Kier alpha value is -3.22. The average Bonchev–Trinajstić information content (AvgIpc) is 2.67. The minimum atomic E-state index is -2.93. The molecule has 0 spiro atoms. The van der Waals surface area contributed by atoms with Gasteiger partial charge in [-0.25, -0.2) is 4.99 Å². The van der Waals surface area contributed by atoms with Gasteiger partial charge in [0.05, 0.1) is 11.6 Å². The maximum Gasteiger partial charge on any atom is 0.387 e. The number of hydroxylamine groups is 1. The van der Waals surface area contributed by atoms with Gasteiger partial charge in [-0.15, -0.1) is 0 Å². The van der Waals surface area contributed by atoms with Gasteiger partial charge in [0, 0.05) is 7.05 Å². The molecule has 0 bridgehead atoms. The molecule has 2 aromatic rings. The highest BCUT2D eigenvalue weighted by Gasteiger charge is 2.46. The van der Waals surface area contributed by atoms with Gasteiger partial charge in [-0.05, 0) is 42.3 Å². The lowest BCUT2D eigenvalue weighted by Gasteiger charge is -2.46. The number of hydrogen-bond acceptors (Lipinski definition) is 7. The van der Waals surface area contributed by atoms with E-state index >= 15 is 0 Å². The van der Waals surface area contributed by atoms with Crippen molar-refractivity contribution in [3.63, 3.8) is 0 Å². The van der Waals surface area contributed by atoms with Crippen molar-refractivity contribution in [3.8, 4) is 11.8 Å². The Kier molecular flexibility index (Phi) is 5.18. The molecule has 3 rings (SSSR count). The number of aliphatic imine (C=N–C) groups is 1. The molecule has 3 N–H and O–H groups in total. The van der Waals surface area contributed by atoms with E-state index < -0.39 is 18.2 Å². The third-order valence-electron chi connectivity index (χ3n) is 4.75. The van der Waals surface area contributed by atoms with Crippen LogP contribution in [0.1, 0.15) is 29.7 Å². The third-order valence-corrected chi connectivity index (χ3v) is 4.75. The van der Waals surface area contributed by atoms with E-state index in [1.165, 1.54) is 17.1 Å². The molecule has 2 aromatic carbocycles. The highest BCUT2D eigenvalue weighted by atomic mass is 19.3. The smallest absolute Gasteiger partial charge is 0.387 e. The fourth-order valence-electron chi connectivity index (χ4n) is 3.29. The number of hydrazine groups is 1. The van der Waals surface area contributed by atoms with Gasteiger partial charge in [0.25, 0.3) is 0 Å². The first-order valence-electron chi connectivity index (χ1n) is 8.38. The summed E-state index contributed by atoms with van der Waals surface area (Å²) in [5.41, 5.74) is 6.63. The highest BCUT2D eigenvalue weighted by molar-refractivity contribution is 5.78. The quantitative estimate of drug-likeness (QED) is 0.837. The molecular formula is C19H19F2N5O2. The number of nitriles is 1. The van der Waals surface area contributed by atoms with Crippen LogP contribution in [0.5, 0.6) is 5.75 Å². The summed E-state index contributed by atoms with van der Waals surface area (Å²) in [6, 6.07) is 14.1. The van der Waals surface area contributed by atoms with Gasteiger partial charge in [0.2, 0.25) is 5.96 Å². The van der Waals surface area contributed by atoms with Gasteiger partial charge in [-0.1, -0.05) is 29.4 Å². The zero-order valence-corrected chi connectivity index (χ0v) is 15.3. The van der Waals surface area contributed by atoms with Gasteiger partial charge < -0.3 is 10.5 Å². The van der Waals surface area contributed by atoms with Gasteiger partial charge in [-0.2, -0.15) is 14.0 Å². The average molecular weight is 387 g/mol. The molecule has 28 heavy (non-hydrogen) atoms. The standard InChI is InChI=1S/C19H19F2N5O2/c1-19(14-5-3-4-12(10-14)11-22)16(26(27)25(2)18(23)24-19)13-6-8-15(9-7-13)28-17(20)21/h3-10,16-17,27H,1-2H3,(H2,23,24)/t16-,19+/m0/s1. The fourth-order valence-corrected chi connectivity index (χ4v) is 3.29. The number of nitrogens with two attached hydrogens (primary N) is 1. The van der Waals surface area contributed by atoms with E-state index in [-0.39, 0.29) is 11.7 Å². The Labute approximate surface area is 160 Å². The first kappa shape index (κ1) is 19.5. The Balaban J connectivity index is 2.11. The minimum absolute atomic E-state index is 0.00333. The van der Waals surface area contributed by atoms with Crippen molar-refractivity contribution in [3.05, 3.63) is 65.2 Å². The molecule has 0 radical (unpaired) electrons. The molecule has 0 amide bonds. The van der Waals surface area contributed by atoms with E-state index in [2.05, 4.69) is 15.8 Å². The van der Waals surface area contributed by atoms with Crippen molar-refractivity contribution >= 4 is 5.96 Å². The summed E-state index contributed by atoms with van der Waals surface area (Å²) in [5.74, 6) is 0.0878. The number of alkyl halides is 2. The van der Waals surface area contributed by atoms with Gasteiger partial charge in [0.1, 0.15) is 17.3 Å². The number of rotatable bonds is 4. The summed E-state index contributed by atoms with van der Waals surface area (Å²) in [7, 11) is 1.55. The van der Waals surface area contributed by atoms with Crippen LogP contribution in [0.15, 0.2) is 53.5 Å². The third kappa shape index (κ3) is 3.47. The van der Waals surface area contributed by atoms with Gasteiger partial charge in [0.15, 0.2) is 0 Å². The van der Waals surface area contributed by atoms with E-state index in [4.69, 9.17) is 5.73 Å². The highest BCUT2D eigenvalue weighted by Crippen LogP contribution is 2.45. The topological polar surface area (TPSA) is 98.1 Å². The molecule has 0 saturated carbocycles. The number of hydrogen-bond donors (Lipinski definition) is 2. The van der Waals surface area contributed by atoms with Crippen LogP contribution in [0, 0.1) is 11.3 Å². The lowest BCUT2D eigenvalue weighted by atomic mass is 9.80. The molecule has 1 heterocycles. The summed E-state index contributed by atoms with van der Waals surface area (Å²) in [6.45, 7) is -1.15. The molecule has 0 unspecified atom stereocenters. The van der Waals surface area contributed by atoms with E-state index in [0.29, 0.717) is 16.7 Å². The molecule has 0 aliphatic carbocycles. The van der Waals surface area contributed by atoms with E-state index in [1.54, 1.807) is 50.4 Å². The van der Waals surface area contributed by atoms with Crippen LogP contribution in [0.4, 0.5) is 8.78 Å². The molecule has 0 saturated heterocycles. The molecule has 2 atom stereocenters.